The standard InChI is InChI=1S/C13H13BrFNO4/c1-19-11-5-9(15)8(14)4-10(11)16-6-7(3-12(16)17)13(18)20-2/h4-5,7H,3,6H2,1-2H3. The topological polar surface area (TPSA) is 55.8 Å². The molecule has 1 fully saturated rings. The second-order valence-electron chi connectivity index (χ2n) is 4.37. The van der Waals surface area contributed by atoms with E-state index in [0.717, 1.165) is 0 Å². The maximum Gasteiger partial charge on any atom is 0.311 e. The number of methoxy groups -OCH3 is 2. The number of amides is 1. The summed E-state index contributed by atoms with van der Waals surface area (Å²) in [6, 6.07) is 2.66. The van der Waals surface area contributed by atoms with Gasteiger partial charge in [0.15, 0.2) is 0 Å². The molecule has 7 heteroatoms. The first-order valence-electron chi connectivity index (χ1n) is 5.89. The molecule has 0 aliphatic carbocycles. The minimum atomic E-state index is -0.513. The van der Waals surface area contributed by atoms with E-state index in [4.69, 9.17) is 4.74 Å². The first-order valence-corrected chi connectivity index (χ1v) is 6.68. The molecule has 0 N–H and O–H groups in total. The fraction of sp³-hybridized carbons (Fsp3) is 0.385. The van der Waals surface area contributed by atoms with Crippen LogP contribution in [-0.4, -0.2) is 32.6 Å². The highest BCUT2D eigenvalue weighted by atomic mass is 79.9. The van der Waals surface area contributed by atoms with Crippen molar-refractivity contribution >= 4 is 33.5 Å². The fourth-order valence-electron chi connectivity index (χ4n) is 2.16. The number of benzene rings is 1. The van der Waals surface area contributed by atoms with E-state index >= 15 is 0 Å². The Bertz CT molecular complexity index is 564. The van der Waals surface area contributed by atoms with Crippen LogP contribution in [0, 0.1) is 11.7 Å². The third-order valence-electron chi connectivity index (χ3n) is 3.17. The molecule has 0 radical (unpaired) electrons. The number of hydrogen-bond acceptors (Lipinski definition) is 4. The van der Waals surface area contributed by atoms with Gasteiger partial charge in [0.05, 0.1) is 30.3 Å². The van der Waals surface area contributed by atoms with Crippen LogP contribution in [0.25, 0.3) is 0 Å². The predicted octanol–water partition coefficient (Wildman–Crippen LogP) is 2.12. The molecule has 1 aromatic carbocycles. The molecule has 20 heavy (non-hydrogen) atoms. The number of hydrogen-bond donors (Lipinski definition) is 0. The molecular weight excluding hydrogens is 333 g/mol. The largest absolute Gasteiger partial charge is 0.494 e. The third kappa shape index (κ3) is 2.63. The van der Waals surface area contributed by atoms with Crippen molar-refractivity contribution in [1.82, 2.24) is 0 Å². The molecule has 1 aliphatic rings. The molecule has 0 bridgehead atoms. The molecule has 1 heterocycles. The average Bonchev–Trinajstić information content (AvgIpc) is 2.82. The Labute approximate surface area is 123 Å². The summed E-state index contributed by atoms with van der Waals surface area (Å²) < 4.78 is 23.5. The van der Waals surface area contributed by atoms with E-state index in [0.29, 0.717) is 5.69 Å². The second-order valence-corrected chi connectivity index (χ2v) is 5.22. The molecule has 0 spiro atoms. The van der Waals surface area contributed by atoms with Crippen molar-refractivity contribution in [2.75, 3.05) is 25.7 Å². The molecule has 1 aliphatic heterocycles. The highest BCUT2D eigenvalue weighted by Gasteiger charge is 2.37. The predicted molar refractivity (Wildman–Crippen MR) is 73.1 cm³/mol. The Morgan fingerprint density at radius 1 is 1.45 bits per heavy atom. The van der Waals surface area contributed by atoms with Crippen molar-refractivity contribution < 1.29 is 23.5 Å². The van der Waals surface area contributed by atoms with Gasteiger partial charge in [-0.1, -0.05) is 0 Å². The molecule has 1 aromatic rings. The average molecular weight is 346 g/mol. The number of carbonyl (C=O) groups is 2. The van der Waals surface area contributed by atoms with Gasteiger partial charge in [-0.05, 0) is 22.0 Å². The van der Waals surface area contributed by atoms with Crippen LogP contribution in [0.15, 0.2) is 16.6 Å². The Morgan fingerprint density at radius 3 is 2.75 bits per heavy atom. The van der Waals surface area contributed by atoms with Crippen LogP contribution in [0.2, 0.25) is 0 Å². The minimum Gasteiger partial charge on any atom is -0.494 e. The maximum atomic E-state index is 13.5. The lowest BCUT2D eigenvalue weighted by molar-refractivity contribution is -0.145. The monoisotopic (exact) mass is 345 g/mol. The summed E-state index contributed by atoms with van der Waals surface area (Å²) in [6.45, 7) is 0.194. The third-order valence-corrected chi connectivity index (χ3v) is 3.78. The Kier molecular flexibility index (Phi) is 4.27. The molecule has 5 nitrogen and oxygen atoms in total. The Balaban J connectivity index is 2.35. The molecule has 1 amide bonds. The molecule has 0 aromatic heterocycles. The SMILES string of the molecule is COC(=O)C1CC(=O)N(c2cc(Br)c(F)cc2OC)C1. The smallest absolute Gasteiger partial charge is 0.311 e. The van der Waals surface area contributed by atoms with Gasteiger partial charge in [0, 0.05) is 19.0 Å². The van der Waals surface area contributed by atoms with E-state index in [1.165, 1.54) is 31.3 Å². The highest BCUT2D eigenvalue weighted by molar-refractivity contribution is 9.10. The maximum absolute atomic E-state index is 13.5. The van der Waals surface area contributed by atoms with Crippen LogP contribution in [0.3, 0.4) is 0 Å². The van der Waals surface area contributed by atoms with Crippen molar-refractivity contribution in [3.8, 4) is 5.75 Å². The summed E-state index contributed by atoms with van der Waals surface area (Å²) in [4.78, 5) is 24.9. The molecule has 108 valence electrons. The summed E-state index contributed by atoms with van der Waals surface area (Å²) in [7, 11) is 2.68. The summed E-state index contributed by atoms with van der Waals surface area (Å²) in [5.41, 5.74) is 0.428. The molecule has 2 rings (SSSR count). The summed E-state index contributed by atoms with van der Waals surface area (Å²) in [6.07, 6.45) is 0.0742. The molecule has 1 unspecified atom stereocenters. The van der Waals surface area contributed by atoms with Crippen LogP contribution in [0.4, 0.5) is 10.1 Å². The van der Waals surface area contributed by atoms with Gasteiger partial charge in [-0.15, -0.1) is 0 Å². The van der Waals surface area contributed by atoms with Crippen molar-refractivity contribution in [2.24, 2.45) is 5.92 Å². The van der Waals surface area contributed by atoms with Crippen molar-refractivity contribution in [3.63, 3.8) is 0 Å². The fourth-order valence-corrected chi connectivity index (χ4v) is 2.49. The van der Waals surface area contributed by atoms with Crippen molar-refractivity contribution in [1.29, 1.82) is 0 Å². The second kappa shape index (κ2) is 5.78. The highest BCUT2D eigenvalue weighted by Crippen LogP contribution is 2.36. The van der Waals surface area contributed by atoms with Gasteiger partial charge in [0.2, 0.25) is 5.91 Å². The number of halogens is 2. The minimum absolute atomic E-state index is 0.0742. The van der Waals surface area contributed by atoms with Crippen LogP contribution < -0.4 is 9.64 Å². The lowest BCUT2D eigenvalue weighted by Gasteiger charge is -2.20. The zero-order chi connectivity index (χ0) is 14.9. The number of esters is 1. The van der Waals surface area contributed by atoms with Crippen LogP contribution >= 0.6 is 15.9 Å². The molecular formula is C13H13BrFNO4. The zero-order valence-electron chi connectivity index (χ0n) is 11.0. The zero-order valence-corrected chi connectivity index (χ0v) is 12.6. The summed E-state index contributed by atoms with van der Waals surface area (Å²) >= 11 is 3.07. The lowest BCUT2D eigenvalue weighted by Crippen LogP contribution is -2.26. The van der Waals surface area contributed by atoms with Gasteiger partial charge < -0.3 is 14.4 Å². The van der Waals surface area contributed by atoms with Gasteiger partial charge >= 0.3 is 5.97 Å². The van der Waals surface area contributed by atoms with Crippen LogP contribution in [0.5, 0.6) is 5.75 Å². The van der Waals surface area contributed by atoms with E-state index in [9.17, 15) is 14.0 Å². The van der Waals surface area contributed by atoms with Gasteiger partial charge in [-0.2, -0.15) is 0 Å². The van der Waals surface area contributed by atoms with E-state index in [1.807, 2.05) is 0 Å². The number of rotatable bonds is 3. The first-order chi connectivity index (χ1) is 9.47. The van der Waals surface area contributed by atoms with Crippen molar-refractivity contribution in [2.45, 2.75) is 6.42 Å². The van der Waals surface area contributed by atoms with Crippen LogP contribution in [-0.2, 0) is 14.3 Å². The number of anilines is 1. The van der Waals surface area contributed by atoms with Gasteiger partial charge in [-0.25, -0.2) is 4.39 Å². The van der Waals surface area contributed by atoms with Gasteiger partial charge in [0.1, 0.15) is 11.6 Å². The molecule has 1 saturated heterocycles. The molecule has 0 saturated carbocycles. The first kappa shape index (κ1) is 14.8. The van der Waals surface area contributed by atoms with E-state index in [-0.39, 0.29) is 29.1 Å². The van der Waals surface area contributed by atoms with E-state index < -0.39 is 17.7 Å². The normalized spacial score (nSPS) is 18.3. The lowest BCUT2D eigenvalue weighted by atomic mass is 10.1. The van der Waals surface area contributed by atoms with Crippen LogP contribution in [0.1, 0.15) is 6.42 Å². The Morgan fingerprint density at radius 2 is 2.15 bits per heavy atom. The van der Waals surface area contributed by atoms with Gasteiger partial charge in [0.25, 0.3) is 0 Å². The molecule has 1 atom stereocenters. The number of nitrogens with zero attached hydrogens (tertiary/aromatic N) is 1. The van der Waals surface area contributed by atoms with E-state index in [2.05, 4.69) is 20.7 Å². The van der Waals surface area contributed by atoms with E-state index in [1.54, 1.807) is 0 Å². The summed E-state index contributed by atoms with van der Waals surface area (Å²) in [5, 5.41) is 0. The number of ether oxygens (including phenoxy) is 2. The van der Waals surface area contributed by atoms with Crippen molar-refractivity contribution in [3.05, 3.63) is 22.4 Å². The quantitative estimate of drug-likeness (QED) is 0.787. The van der Waals surface area contributed by atoms with Gasteiger partial charge in [-0.3, -0.25) is 9.59 Å². The Hall–Kier alpha value is -1.63. The summed E-state index contributed by atoms with van der Waals surface area (Å²) in [5.74, 6) is -1.41. The number of carbonyl (C=O) groups excluding carboxylic acids is 2.